The lowest BCUT2D eigenvalue weighted by Gasteiger charge is -1.99. The Kier molecular flexibility index (Phi) is 5.20. The van der Waals surface area contributed by atoms with Crippen LogP contribution in [0.5, 0.6) is 0 Å². The first-order valence-corrected chi connectivity index (χ1v) is 5.58. The molecule has 0 bridgehead atoms. The summed E-state index contributed by atoms with van der Waals surface area (Å²) in [7, 11) is 0. The highest BCUT2D eigenvalue weighted by atomic mass is 19.1. The van der Waals surface area contributed by atoms with Crippen molar-refractivity contribution in [2.75, 3.05) is 6.61 Å². The number of rotatable bonds is 5. The molecule has 0 fully saturated rings. The average molecular weight is 251 g/mol. The molecule has 0 saturated heterocycles. The zero-order valence-corrected chi connectivity index (χ0v) is 10.4. The minimum Gasteiger partial charge on any atom is -0.461 e. The molecule has 0 aliphatic rings. The largest absolute Gasteiger partial charge is 0.461 e. The Morgan fingerprint density at radius 2 is 2.28 bits per heavy atom. The van der Waals surface area contributed by atoms with E-state index in [1.54, 1.807) is 19.1 Å². The predicted molar refractivity (Wildman–Crippen MR) is 66.2 cm³/mol. The quantitative estimate of drug-likeness (QED) is 0.472. The lowest BCUT2D eigenvalue weighted by molar-refractivity contribution is -0.498. The molecule has 0 aromatic heterocycles. The zero-order chi connectivity index (χ0) is 13.5. The summed E-state index contributed by atoms with van der Waals surface area (Å²) >= 11 is 0. The molecule has 0 aliphatic heterocycles. The Hall–Kier alpha value is -2.01. The van der Waals surface area contributed by atoms with Crippen LogP contribution in [0.4, 0.5) is 10.1 Å². The molecule has 0 unspecified atom stereocenters. The summed E-state index contributed by atoms with van der Waals surface area (Å²) < 4.78 is 18.0. The van der Waals surface area contributed by atoms with Crippen molar-refractivity contribution in [3.8, 4) is 0 Å². The van der Waals surface area contributed by atoms with E-state index in [0.717, 1.165) is 5.56 Å². The Balaban J connectivity index is 2.62. The van der Waals surface area contributed by atoms with Crippen molar-refractivity contribution in [2.45, 2.75) is 13.8 Å². The number of carbonyl (C=O) groups excluding carboxylic acids is 1. The number of hydrogen-bond acceptors (Lipinski definition) is 3. The number of nitrogens with two attached hydrogens (primary N) is 1. The molecular weight excluding hydrogens is 235 g/mol. The van der Waals surface area contributed by atoms with E-state index in [4.69, 9.17) is 5.41 Å². The van der Waals surface area contributed by atoms with Gasteiger partial charge in [-0.2, -0.15) is 0 Å². The van der Waals surface area contributed by atoms with Gasteiger partial charge in [0.2, 0.25) is 0 Å². The lowest BCUT2D eigenvalue weighted by Crippen LogP contribution is -2.71. The van der Waals surface area contributed by atoms with Crippen LogP contribution in [0.2, 0.25) is 0 Å². The number of nitrogens with one attached hydrogen (secondary N) is 1. The van der Waals surface area contributed by atoms with Crippen molar-refractivity contribution >= 4 is 17.4 Å². The molecule has 0 radical (unpaired) electrons. The second-order valence-electron chi connectivity index (χ2n) is 3.68. The van der Waals surface area contributed by atoms with E-state index in [0.29, 0.717) is 5.69 Å². The third kappa shape index (κ3) is 4.10. The van der Waals surface area contributed by atoms with Gasteiger partial charge in [0.25, 0.3) is 0 Å². The van der Waals surface area contributed by atoms with Gasteiger partial charge in [0.05, 0.1) is 6.61 Å². The number of aryl methyl sites for hydroxylation is 1. The van der Waals surface area contributed by atoms with Gasteiger partial charge in [-0.25, -0.2) is 9.18 Å². The summed E-state index contributed by atoms with van der Waals surface area (Å²) in [6.45, 7) is 3.76. The topological polar surface area (TPSA) is 66.8 Å². The number of quaternary nitrogens is 1. The van der Waals surface area contributed by atoms with E-state index < -0.39 is 5.97 Å². The normalized spacial score (nSPS) is 10.6. The average Bonchev–Trinajstić information content (AvgIpc) is 2.33. The second kappa shape index (κ2) is 6.66. The molecule has 4 nitrogen and oxygen atoms in total. The molecular formula is C13H16FN2O2+. The van der Waals surface area contributed by atoms with Crippen LogP contribution < -0.4 is 5.32 Å². The van der Waals surface area contributed by atoms with Gasteiger partial charge in [-0.1, -0.05) is 6.07 Å². The van der Waals surface area contributed by atoms with E-state index in [9.17, 15) is 9.18 Å². The first-order chi connectivity index (χ1) is 8.54. The van der Waals surface area contributed by atoms with Crippen LogP contribution in [-0.4, -0.2) is 18.3 Å². The van der Waals surface area contributed by atoms with Gasteiger partial charge in [-0.3, -0.25) is 10.7 Å². The molecule has 0 spiro atoms. The molecule has 0 heterocycles. The third-order valence-corrected chi connectivity index (χ3v) is 2.19. The van der Waals surface area contributed by atoms with Gasteiger partial charge < -0.3 is 4.74 Å². The van der Waals surface area contributed by atoms with Crippen molar-refractivity contribution in [3.05, 3.63) is 41.9 Å². The van der Waals surface area contributed by atoms with Gasteiger partial charge in [-0.15, -0.1) is 0 Å². The van der Waals surface area contributed by atoms with Crippen LogP contribution in [0, 0.1) is 18.2 Å². The zero-order valence-electron chi connectivity index (χ0n) is 10.4. The van der Waals surface area contributed by atoms with Gasteiger partial charge in [0, 0.05) is 12.1 Å². The van der Waals surface area contributed by atoms with Crippen LogP contribution >= 0.6 is 0 Å². The maximum Gasteiger partial charge on any atom is 0.356 e. The fourth-order valence-electron chi connectivity index (χ4n) is 1.32. The molecule has 0 aliphatic carbocycles. The maximum absolute atomic E-state index is 13.4. The summed E-state index contributed by atoms with van der Waals surface area (Å²) in [5.74, 6) is -1.03. The number of hydrogen-bond donors (Lipinski definition) is 2. The summed E-state index contributed by atoms with van der Waals surface area (Å²) in [6, 6.07) is 4.75. The molecule has 1 rings (SSSR count). The summed E-state index contributed by atoms with van der Waals surface area (Å²) in [4.78, 5) is 11.1. The van der Waals surface area contributed by atoms with E-state index in [1.807, 2.05) is 6.92 Å². The fraction of sp³-hybridized carbons (Fsp3) is 0.231. The third-order valence-electron chi connectivity index (χ3n) is 2.19. The van der Waals surface area contributed by atoms with E-state index in [1.165, 1.54) is 23.7 Å². The Morgan fingerprint density at radius 3 is 2.94 bits per heavy atom. The number of carbonyl (C=O) groups is 1. The molecule has 1 aromatic rings. The highest BCUT2D eigenvalue weighted by Crippen LogP contribution is 2.09. The van der Waals surface area contributed by atoms with Crippen LogP contribution in [-0.2, 0) is 9.53 Å². The molecule has 0 amide bonds. The smallest absolute Gasteiger partial charge is 0.356 e. The van der Waals surface area contributed by atoms with Crippen LogP contribution in [0.25, 0.3) is 0 Å². The van der Waals surface area contributed by atoms with Crippen molar-refractivity contribution in [3.63, 3.8) is 0 Å². The van der Waals surface area contributed by atoms with Crippen LogP contribution in [0.1, 0.15) is 12.5 Å². The monoisotopic (exact) mass is 251 g/mol. The number of halogens is 1. The summed E-state index contributed by atoms with van der Waals surface area (Å²) in [5.41, 5.74) is 1.10. The lowest BCUT2D eigenvalue weighted by atomic mass is 10.2. The van der Waals surface area contributed by atoms with Crippen molar-refractivity contribution < 1.29 is 19.2 Å². The van der Waals surface area contributed by atoms with Gasteiger partial charge >= 0.3 is 5.97 Å². The summed E-state index contributed by atoms with van der Waals surface area (Å²) in [6.07, 6.45) is 2.73. The van der Waals surface area contributed by atoms with Crippen LogP contribution in [0.15, 0.2) is 30.5 Å². The predicted octanol–water partition coefficient (Wildman–Crippen LogP) is 1.43. The number of benzene rings is 1. The second-order valence-corrected chi connectivity index (χ2v) is 3.68. The van der Waals surface area contributed by atoms with E-state index in [-0.39, 0.29) is 18.1 Å². The first-order valence-electron chi connectivity index (χ1n) is 5.58. The van der Waals surface area contributed by atoms with E-state index in [2.05, 4.69) is 4.74 Å². The minimum atomic E-state index is -0.688. The SMILES string of the molecule is CCOC(=O)C(=N)/C=C\[NH2+]c1cc(C)ccc1F. The van der Waals surface area contributed by atoms with Crippen molar-refractivity contribution in [1.29, 1.82) is 5.41 Å². The van der Waals surface area contributed by atoms with Crippen LogP contribution in [0.3, 0.4) is 0 Å². The molecule has 3 N–H and O–H groups in total. The van der Waals surface area contributed by atoms with Crippen molar-refractivity contribution in [2.24, 2.45) is 0 Å². The standard InChI is InChI=1S/C13H15FN2O2/c1-3-18-13(17)11(15)6-7-16-12-8-9(2)4-5-10(12)14/h4-8,15-16H,3H2,1-2H3/p+1/b7-6-,15-11?. The Bertz CT molecular complexity index is 484. The molecule has 18 heavy (non-hydrogen) atoms. The molecule has 0 saturated carbocycles. The Labute approximate surface area is 105 Å². The maximum atomic E-state index is 13.4. The minimum absolute atomic E-state index is 0.227. The molecule has 1 aromatic carbocycles. The summed E-state index contributed by atoms with van der Waals surface area (Å²) in [5, 5.41) is 8.89. The van der Waals surface area contributed by atoms with Gasteiger partial charge in [0.1, 0.15) is 11.9 Å². The highest BCUT2D eigenvalue weighted by molar-refractivity contribution is 6.39. The first kappa shape index (κ1) is 14.1. The van der Waals surface area contributed by atoms with Crippen molar-refractivity contribution in [1.82, 2.24) is 0 Å². The van der Waals surface area contributed by atoms with Gasteiger partial charge in [0.15, 0.2) is 11.5 Å². The Morgan fingerprint density at radius 1 is 1.56 bits per heavy atom. The molecule has 5 heteroatoms. The highest BCUT2D eigenvalue weighted by Gasteiger charge is 2.08. The number of ether oxygens (including phenoxy) is 1. The van der Waals surface area contributed by atoms with E-state index >= 15 is 0 Å². The molecule has 0 atom stereocenters. The fourth-order valence-corrected chi connectivity index (χ4v) is 1.32. The van der Waals surface area contributed by atoms with Gasteiger partial charge in [-0.05, 0) is 25.5 Å². The molecule has 96 valence electrons. The number of esters is 1.